The predicted octanol–water partition coefficient (Wildman–Crippen LogP) is 5.85. The zero-order valence-corrected chi connectivity index (χ0v) is 19.8. The van der Waals surface area contributed by atoms with Crippen LogP contribution < -0.4 is 10.6 Å². The molecule has 0 saturated heterocycles. The summed E-state index contributed by atoms with van der Waals surface area (Å²) < 4.78 is 5.39. The van der Waals surface area contributed by atoms with Gasteiger partial charge in [-0.05, 0) is 37.6 Å². The summed E-state index contributed by atoms with van der Waals surface area (Å²) in [6.07, 6.45) is 4.30. The summed E-state index contributed by atoms with van der Waals surface area (Å²) in [5, 5.41) is 7.77. The van der Waals surface area contributed by atoms with Crippen molar-refractivity contribution in [3.63, 3.8) is 0 Å². The molecule has 2 aromatic rings. The standard InChI is InChI=1S/C23H28ClN2O2.Md/c1-3-5-6-10-19-21(25-17-14-12-16(24)13-15-17)18-9-7-8-11-20(18)26-22(19)23(27)28-4-2;/h8-9,11-15,19,21-22,25-26H,3-6,10H2,1-2H3;/q-1;. The van der Waals surface area contributed by atoms with Crippen LogP contribution in [-0.4, -0.2) is 18.6 Å². The number of nitrogens with one attached hydrogen (secondary N) is 2. The number of halogens is 1. The Bertz CT molecular complexity index is 785. The number of fused-ring (bicyclic) bond motifs is 1. The topological polar surface area (TPSA) is 50.4 Å². The van der Waals surface area contributed by atoms with Gasteiger partial charge >= 0.3 is 5.97 Å². The van der Waals surface area contributed by atoms with Gasteiger partial charge in [-0.2, -0.15) is 18.2 Å². The Labute approximate surface area is 172 Å². The fourth-order valence-electron chi connectivity index (χ4n) is 3.87. The van der Waals surface area contributed by atoms with E-state index in [-0.39, 0.29) is 24.0 Å². The van der Waals surface area contributed by atoms with Gasteiger partial charge in [0.2, 0.25) is 0 Å². The zero-order chi connectivity index (χ0) is 19.9. The molecule has 1 aliphatic heterocycles. The van der Waals surface area contributed by atoms with Crippen molar-refractivity contribution in [2.75, 3.05) is 17.2 Å². The molecule has 0 fully saturated rings. The Hall–Kier alpha value is -3.20. The van der Waals surface area contributed by atoms with Gasteiger partial charge in [0.1, 0.15) is 6.04 Å². The first-order valence-corrected chi connectivity index (χ1v) is 10.5. The monoisotopic (exact) mass is 657 g/mol. The van der Waals surface area contributed by atoms with Crippen LogP contribution in [0.3, 0.4) is 0 Å². The number of carbonyl (C=O) groups is 1. The maximum absolute atomic E-state index is 12.8. The molecule has 6 heteroatoms. The van der Waals surface area contributed by atoms with E-state index in [1.165, 1.54) is 0 Å². The molecule has 1 heterocycles. The van der Waals surface area contributed by atoms with Crippen molar-refractivity contribution in [3.05, 3.63) is 59.1 Å². The van der Waals surface area contributed by atoms with Gasteiger partial charge in [0.15, 0.2) is 0 Å². The van der Waals surface area contributed by atoms with Crippen molar-refractivity contribution in [2.24, 2.45) is 5.92 Å². The molecule has 0 saturated carbocycles. The maximum Gasteiger partial charge on any atom is 0.328 e. The summed E-state index contributed by atoms with van der Waals surface area (Å²) in [6, 6.07) is 16.3. The second-order valence-electron chi connectivity index (χ2n) is 7.18. The Balaban J connectivity index is 0.00000300. The number of unbranched alkanes of at least 4 members (excludes halogenated alkanes) is 2. The van der Waals surface area contributed by atoms with Gasteiger partial charge < -0.3 is 15.4 Å². The van der Waals surface area contributed by atoms with Crippen LogP contribution in [0.1, 0.15) is 51.1 Å². The van der Waals surface area contributed by atoms with E-state index in [1.807, 2.05) is 49.4 Å². The van der Waals surface area contributed by atoms with Gasteiger partial charge in [0.25, 0.3) is 0 Å². The molecule has 3 rings (SSSR count). The molecule has 0 aromatic heterocycles. The maximum atomic E-state index is 12.8. The van der Waals surface area contributed by atoms with Gasteiger partial charge in [-0.25, -0.2) is 4.79 Å². The molecule has 2 aromatic carbocycles. The average molecular weight is 658 g/mol. The van der Waals surface area contributed by atoms with Gasteiger partial charge in [-0.15, -0.1) is 11.6 Å². The van der Waals surface area contributed by atoms with Crippen LogP contribution in [0.25, 0.3) is 0 Å². The summed E-state index contributed by atoms with van der Waals surface area (Å²) >= 11 is 6.04. The van der Waals surface area contributed by atoms with E-state index in [0.717, 1.165) is 42.6 Å². The fourth-order valence-corrected chi connectivity index (χ4v) is 4.00. The molecule has 0 bridgehead atoms. The smallest absolute Gasteiger partial charge is 0.328 e. The number of hydrogen-bond acceptors (Lipinski definition) is 4. The molecule has 163 valence electrons. The zero-order valence-electron chi connectivity index (χ0n) is 16.8. The largest absolute Gasteiger partial charge is 0.464 e. The summed E-state index contributed by atoms with van der Waals surface area (Å²) in [5.41, 5.74) is 3.06. The minimum atomic E-state index is -0.378. The number of esters is 1. The number of ether oxygens (including phenoxy) is 1. The SMILES string of the molecule is CCCCCC1C(C(=O)OCC)Nc2cc[c-]cc2C1Nc1ccc(Cl)cc1.[Md]. The summed E-state index contributed by atoms with van der Waals surface area (Å²) in [7, 11) is 0. The van der Waals surface area contributed by atoms with Crippen molar-refractivity contribution >= 4 is 28.9 Å². The molecule has 0 amide bonds. The molecule has 1 aliphatic rings. The van der Waals surface area contributed by atoms with E-state index < -0.39 is 0 Å². The van der Waals surface area contributed by atoms with Gasteiger partial charge in [0, 0.05) is 22.7 Å². The molecule has 4 nitrogen and oxygen atoms in total. The molecule has 3 atom stereocenters. The third-order valence-corrected chi connectivity index (χ3v) is 5.50. The molecule has 0 spiro atoms. The predicted molar refractivity (Wildman–Crippen MR) is 115 cm³/mol. The van der Waals surface area contributed by atoms with Crippen molar-refractivity contribution in [3.8, 4) is 0 Å². The van der Waals surface area contributed by atoms with Crippen molar-refractivity contribution in [1.82, 2.24) is 0 Å². The Morgan fingerprint density at radius 1 is 1.21 bits per heavy atom. The van der Waals surface area contributed by atoms with Gasteiger partial charge in [0.05, 0.1) is 6.61 Å². The van der Waals surface area contributed by atoms with Crippen LogP contribution in [0.2, 0.25) is 5.02 Å². The molecule has 29 heavy (non-hydrogen) atoms. The summed E-state index contributed by atoms with van der Waals surface area (Å²) in [5.74, 6) is -0.116. The molecule has 1 radical (unpaired) electrons. The first-order chi connectivity index (χ1) is 13.6. The van der Waals surface area contributed by atoms with Crippen LogP contribution in [0.15, 0.2) is 42.5 Å². The van der Waals surface area contributed by atoms with Crippen LogP contribution in [0.4, 0.5) is 11.4 Å². The van der Waals surface area contributed by atoms with Gasteiger partial charge in [-0.1, -0.05) is 43.5 Å². The van der Waals surface area contributed by atoms with Crippen LogP contribution >= 0.6 is 11.6 Å². The molecule has 2 N–H and O–H groups in total. The minimum Gasteiger partial charge on any atom is -0.464 e. The van der Waals surface area contributed by atoms with E-state index in [4.69, 9.17) is 16.3 Å². The third kappa shape index (κ3) is 5.20. The molecule has 3 unspecified atom stereocenters. The Morgan fingerprint density at radius 2 is 1.97 bits per heavy atom. The number of hydrogen-bond donors (Lipinski definition) is 2. The molecule has 0 aliphatic carbocycles. The third-order valence-electron chi connectivity index (χ3n) is 5.25. The second-order valence-corrected chi connectivity index (χ2v) is 7.61. The quantitative estimate of drug-likeness (QED) is 0.213. The number of rotatable bonds is 8. The number of carbonyl (C=O) groups excluding carboxylic acids is 1. The minimum absolute atomic E-state index is 0. The van der Waals surface area contributed by atoms with E-state index in [2.05, 4.69) is 23.6 Å². The fraction of sp³-hybridized carbons (Fsp3) is 0.435. The van der Waals surface area contributed by atoms with E-state index in [0.29, 0.717) is 11.6 Å². The molecular weight excluding hydrogens is 630 g/mol. The van der Waals surface area contributed by atoms with E-state index >= 15 is 0 Å². The first kappa shape index (κ1) is 22.1. The summed E-state index contributed by atoms with van der Waals surface area (Å²) in [4.78, 5) is 12.8. The van der Waals surface area contributed by atoms with Gasteiger partial charge in [-0.3, -0.25) is 0 Å². The number of anilines is 2. The van der Waals surface area contributed by atoms with Crippen LogP contribution in [0, 0.1) is 12.0 Å². The average Bonchev–Trinajstić information content (AvgIpc) is 2.71. The Kier molecular flexibility index (Phi) is 7.90. The Morgan fingerprint density at radius 3 is 2.66 bits per heavy atom. The molecular formula is C23H28ClMdN2O2-. The van der Waals surface area contributed by atoms with Crippen molar-refractivity contribution in [2.45, 2.75) is 51.6 Å². The van der Waals surface area contributed by atoms with Crippen molar-refractivity contribution in [1.29, 1.82) is 0 Å². The first-order valence-electron chi connectivity index (χ1n) is 10.1. The summed E-state index contributed by atoms with van der Waals surface area (Å²) in [6.45, 7) is 4.41. The van der Waals surface area contributed by atoms with Crippen LogP contribution in [-0.2, 0) is 9.53 Å². The van der Waals surface area contributed by atoms with Crippen LogP contribution in [0.5, 0.6) is 0 Å². The van der Waals surface area contributed by atoms with E-state index in [9.17, 15) is 4.79 Å². The second kappa shape index (κ2) is 10.4. The van der Waals surface area contributed by atoms with E-state index in [1.54, 1.807) is 0 Å². The normalized spacial score (nSPS) is 20.0. The van der Waals surface area contributed by atoms with Crippen molar-refractivity contribution < 1.29 is 9.53 Å². The number of benzene rings is 2.